The lowest BCUT2D eigenvalue weighted by Gasteiger charge is -2.12. The van der Waals surface area contributed by atoms with Gasteiger partial charge in [-0.25, -0.2) is 13.1 Å². The van der Waals surface area contributed by atoms with Crippen LogP contribution in [0.2, 0.25) is 5.02 Å². The van der Waals surface area contributed by atoms with Gasteiger partial charge in [-0.1, -0.05) is 11.6 Å². The van der Waals surface area contributed by atoms with Gasteiger partial charge in [-0.15, -0.1) is 0 Å². The molecule has 0 aliphatic rings. The molecule has 0 aromatic heterocycles. The fourth-order valence-corrected chi connectivity index (χ4v) is 3.39. The number of anilines is 1. The molecule has 0 unspecified atom stereocenters. The van der Waals surface area contributed by atoms with Crippen LogP contribution in [0.25, 0.3) is 0 Å². The van der Waals surface area contributed by atoms with Crippen LogP contribution in [0, 0.1) is 0 Å². The minimum Gasteiger partial charge on any atom is -0.484 e. The van der Waals surface area contributed by atoms with Crippen LogP contribution in [0.1, 0.15) is 5.56 Å². The minimum atomic E-state index is -4.58. The minimum absolute atomic E-state index is 0.00819. The van der Waals surface area contributed by atoms with E-state index in [0.29, 0.717) is 0 Å². The molecule has 2 N–H and O–H groups in total. The van der Waals surface area contributed by atoms with Crippen LogP contribution in [-0.2, 0) is 25.7 Å². The Morgan fingerprint density at radius 1 is 1.13 bits per heavy atom. The molecule has 30 heavy (non-hydrogen) atoms. The molecule has 0 spiro atoms. The third-order valence-corrected chi connectivity index (χ3v) is 5.48. The van der Waals surface area contributed by atoms with E-state index in [9.17, 15) is 26.4 Å². The van der Waals surface area contributed by atoms with Gasteiger partial charge < -0.3 is 14.8 Å². The molecule has 1 amide bonds. The number of hydrogen-bond donors (Lipinski definition) is 2. The quantitative estimate of drug-likeness (QED) is 0.553. The highest BCUT2D eigenvalue weighted by Gasteiger charge is 2.31. The summed E-state index contributed by atoms with van der Waals surface area (Å²) in [5.41, 5.74) is -1.16. The molecule has 0 saturated heterocycles. The van der Waals surface area contributed by atoms with Gasteiger partial charge in [-0.05, 0) is 42.5 Å². The molecule has 7 nitrogen and oxygen atoms in total. The van der Waals surface area contributed by atoms with Crippen molar-refractivity contribution in [2.75, 3.05) is 32.2 Å². The Bertz CT molecular complexity index is 982. The molecule has 0 heterocycles. The Morgan fingerprint density at radius 2 is 1.80 bits per heavy atom. The molecular formula is C18H18ClF3N2O5S. The molecule has 0 radical (unpaired) electrons. The summed E-state index contributed by atoms with van der Waals surface area (Å²) in [7, 11) is -2.27. The lowest BCUT2D eigenvalue weighted by molar-refractivity contribution is -0.137. The van der Waals surface area contributed by atoms with E-state index in [1.807, 2.05) is 0 Å². The Balaban J connectivity index is 1.96. The summed E-state index contributed by atoms with van der Waals surface area (Å²) in [5, 5.41) is 2.18. The maximum Gasteiger partial charge on any atom is 0.416 e. The largest absolute Gasteiger partial charge is 0.484 e. The summed E-state index contributed by atoms with van der Waals surface area (Å²) >= 11 is 5.82. The first-order valence-corrected chi connectivity index (χ1v) is 10.3. The summed E-state index contributed by atoms with van der Waals surface area (Å²) in [4.78, 5) is 12.0. The van der Waals surface area contributed by atoms with Crippen LogP contribution >= 0.6 is 11.6 Å². The molecule has 0 atom stereocenters. The number of benzene rings is 2. The monoisotopic (exact) mass is 466 g/mol. The predicted octanol–water partition coefficient (Wildman–Crippen LogP) is 3.30. The van der Waals surface area contributed by atoms with E-state index in [1.165, 1.54) is 31.4 Å². The molecule has 0 saturated carbocycles. The normalized spacial score (nSPS) is 11.9. The fraction of sp³-hybridized carbons (Fsp3) is 0.278. The number of sulfonamides is 1. The maximum atomic E-state index is 12.8. The summed E-state index contributed by atoms with van der Waals surface area (Å²) in [6.07, 6.45) is -4.58. The Hall–Kier alpha value is -2.34. The van der Waals surface area contributed by atoms with Crippen molar-refractivity contribution in [1.82, 2.24) is 4.72 Å². The Labute approximate surface area is 176 Å². The molecule has 2 aromatic carbocycles. The SMILES string of the molecule is COCCNS(=O)(=O)c1ccc(OCC(=O)Nc2cc(C(F)(F)F)ccc2Cl)cc1. The van der Waals surface area contributed by atoms with E-state index in [4.69, 9.17) is 21.1 Å². The standard InChI is InChI=1S/C18H18ClF3N2O5S/c1-28-9-8-23-30(26,27)14-5-3-13(4-6-14)29-11-17(25)24-16-10-12(18(20,21)22)2-7-15(16)19/h2-7,10,23H,8-9,11H2,1H3,(H,24,25). The zero-order valence-electron chi connectivity index (χ0n) is 15.6. The summed E-state index contributed by atoms with van der Waals surface area (Å²) in [6.45, 7) is -0.203. The van der Waals surface area contributed by atoms with Gasteiger partial charge in [0.1, 0.15) is 5.75 Å². The molecule has 2 rings (SSSR count). The highest BCUT2D eigenvalue weighted by molar-refractivity contribution is 7.89. The molecule has 0 fully saturated rings. The smallest absolute Gasteiger partial charge is 0.416 e. The van der Waals surface area contributed by atoms with Crippen molar-refractivity contribution in [2.24, 2.45) is 0 Å². The van der Waals surface area contributed by atoms with Crippen molar-refractivity contribution >= 4 is 33.2 Å². The highest BCUT2D eigenvalue weighted by atomic mass is 35.5. The number of carbonyl (C=O) groups is 1. The molecule has 0 aliphatic carbocycles. The van der Waals surface area contributed by atoms with Crippen LogP contribution in [0.15, 0.2) is 47.4 Å². The van der Waals surface area contributed by atoms with Gasteiger partial charge in [0.2, 0.25) is 10.0 Å². The third kappa shape index (κ3) is 6.87. The van der Waals surface area contributed by atoms with E-state index in [2.05, 4.69) is 10.0 Å². The zero-order valence-corrected chi connectivity index (χ0v) is 17.2. The van der Waals surface area contributed by atoms with Crippen LogP contribution in [0.4, 0.5) is 18.9 Å². The second kappa shape index (κ2) is 10.1. The van der Waals surface area contributed by atoms with Crippen LogP contribution in [0.3, 0.4) is 0 Å². The third-order valence-electron chi connectivity index (χ3n) is 3.67. The number of hydrogen-bond acceptors (Lipinski definition) is 5. The van der Waals surface area contributed by atoms with E-state index in [1.54, 1.807) is 0 Å². The Morgan fingerprint density at radius 3 is 2.40 bits per heavy atom. The van der Waals surface area contributed by atoms with Crippen LogP contribution in [-0.4, -0.2) is 41.2 Å². The number of carbonyl (C=O) groups excluding carboxylic acids is 1. The summed E-state index contributed by atoms with van der Waals surface area (Å²) < 4.78 is 74.8. The second-order valence-electron chi connectivity index (χ2n) is 5.89. The number of rotatable bonds is 9. The maximum absolute atomic E-state index is 12.8. The van der Waals surface area contributed by atoms with E-state index in [0.717, 1.165) is 18.2 Å². The van der Waals surface area contributed by atoms with Crippen molar-refractivity contribution in [3.8, 4) is 5.75 Å². The average Bonchev–Trinajstić information content (AvgIpc) is 2.67. The van der Waals surface area contributed by atoms with Gasteiger partial charge in [-0.3, -0.25) is 4.79 Å². The van der Waals surface area contributed by atoms with Crippen LogP contribution in [0.5, 0.6) is 5.75 Å². The Kier molecular flexibility index (Phi) is 8.07. The molecule has 12 heteroatoms. The van der Waals surface area contributed by atoms with Crippen molar-refractivity contribution in [3.63, 3.8) is 0 Å². The lowest BCUT2D eigenvalue weighted by atomic mass is 10.2. The number of alkyl halides is 3. The van der Waals surface area contributed by atoms with Crippen molar-refractivity contribution in [2.45, 2.75) is 11.1 Å². The molecule has 0 aliphatic heterocycles. The molecular weight excluding hydrogens is 449 g/mol. The van der Waals surface area contributed by atoms with Gasteiger partial charge in [0, 0.05) is 13.7 Å². The highest BCUT2D eigenvalue weighted by Crippen LogP contribution is 2.33. The molecule has 0 bridgehead atoms. The lowest BCUT2D eigenvalue weighted by Crippen LogP contribution is -2.27. The van der Waals surface area contributed by atoms with E-state index in [-0.39, 0.29) is 34.5 Å². The summed E-state index contributed by atoms with van der Waals surface area (Å²) in [6, 6.07) is 7.80. The first-order chi connectivity index (χ1) is 14.0. The second-order valence-corrected chi connectivity index (χ2v) is 8.07. The van der Waals surface area contributed by atoms with Gasteiger partial charge in [0.05, 0.1) is 27.8 Å². The van der Waals surface area contributed by atoms with Gasteiger partial charge in [-0.2, -0.15) is 13.2 Å². The van der Waals surface area contributed by atoms with Gasteiger partial charge in [0.25, 0.3) is 5.91 Å². The van der Waals surface area contributed by atoms with E-state index >= 15 is 0 Å². The predicted molar refractivity (Wildman–Crippen MR) is 104 cm³/mol. The van der Waals surface area contributed by atoms with Gasteiger partial charge >= 0.3 is 6.18 Å². The molecule has 164 valence electrons. The zero-order chi connectivity index (χ0) is 22.4. The molecule has 2 aromatic rings. The topological polar surface area (TPSA) is 93.7 Å². The fourth-order valence-electron chi connectivity index (χ4n) is 2.21. The van der Waals surface area contributed by atoms with Crippen LogP contribution < -0.4 is 14.8 Å². The first kappa shape index (κ1) is 23.9. The number of methoxy groups -OCH3 is 1. The average molecular weight is 467 g/mol. The number of nitrogens with one attached hydrogen (secondary N) is 2. The number of amides is 1. The van der Waals surface area contributed by atoms with Crippen molar-refractivity contribution in [3.05, 3.63) is 53.1 Å². The van der Waals surface area contributed by atoms with Crippen molar-refractivity contribution < 1.29 is 35.9 Å². The van der Waals surface area contributed by atoms with Crippen molar-refractivity contribution in [1.29, 1.82) is 0 Å². The van der Waals surface area contributed by atoms with Gasteiger partial charge in [0.15, 0.2) is 6.61 Å². The first-order valence-electron chi connectivity index (χ1n) is 8.41. The summed E-state index contributed by atoms with van der Waals surface area (Å²) in [5.74, 6) is -0.551. The number of halogens is 4. The number of ether oxygens (including phenoxy) is 2. The van der Waals surface area contributed by atoms with E-state index < -0.39 is 34.3 Å².